The molecule has 100 valence electrons. The molecule has 1 aromatic carbocycles. The quantitative estimate of drug-likeness (QED) is 0.931. The van der Waals surface area contributed by atoms with Gasteiger partial charge in [-0.05, 0) is 44.0 Å². The summed E-state index contributed by atoms with van der Waals surface area (Å²) in [5.74, 6) is -0.0692. The summed E-state index contributed by atoms with van der Waals surface area (Å²) in [6.45, 7) is 1.11. The summed E-state index contributed by atoms with van der Waals surface area (Å²) < 4.78 is 0.929. The number of hydrogen-bond donors (Lipinski definition) is 1. The Morgan fingerprint density at radius 1 is 1.53 bits per heavy atom. The first kappa shape index (κ1) is 14.0. The molecule has 19 heavy (non-hydrogen) atoms. The van der Waals surface area contributed by atoms with Gasteiger partial charge in [-0.2, -0.15) is 5.26 Å². The number of nitrogens with zero attached hydrogens (tertiary/aromatic N) is 2. The Morgan fingerprint density at radius 2 is 2.37 bits per heavy atom. The van der Waals surface area contributed by atoms with Crippen molar-refractivity contribution in [3.63, 3.8) is 0 Å². The molecule has 1 N–H and O–H groups in total. The molecule has 1 fully saturated rings. The molecule has 2 rings (SSSR count). The van der Waals surface area contributed by atoms with Crippen molar-refractivity contribution in [2.75, 3.05) is 18.4 Å². The number of piperidine rings is 1. The molecule has 0 radical (unpaired) electrons. The summed E-state index contributed by atoms with van der Waals surface area (Å²) in [6.07, 6.45) is 2.99. The van der Waals surface area contributed by atoms with Crippen LogP contribution in [0.3, 0.4) is 0 Å². The minimum Gasteiger partial charge on any atom is -0.325 e. The Bertz CT molecular complexity index is 498. The number of nitriles is 1. The van der Waals surface area contributed by atoms with Crippen LogP contribution in [0.1, 0.15) is 19.3 Å². The lowest BCUT2D eigenvalue weighted by atomic mass is 10.0. The first-order valence-electron chi connectivity index (χ1n) is 6.38. The topological polar surface area (TPSA) is 56.1 Å². The second-order valence-electron chi connectivity index (χ2n) is 4.67. The highest BCUT2D eigenvalue weighted by Crippen LogP contribution is 2.18. The molecule has 0 aliphatic carbocycles. The minimum absolute atomic E-state index is 0.0692. The van der Waals surface area contributed by atoms with Crippen LogP contribution in [-0.2, 0) is 4.79 Å². The Kier molecular flexibility index (Phi) is 4.94. The largest absolute Gasteiger partial charge is 0.325 e. The van der Waals surface area contributed by atoms with Gasteiger partial charge in [-0.25, -0.2) is 0 Å². The van der Waals surface area contributed by atoms with E-state index in [0.29, 0.717) is 0 Å². The average molecular weight is 322 g/mol. The number of carbonyl (C=O) groups is 1. The van der Waals surface area contributed by atoms with Crippen molar-refractivity contribution in [1.82, 2.24) is 4.90 Å². The molecule has 5 heteroatoms. The standard InChI is InChI=1S/C14H16BrN3O/c15-11-4-3-5-12(8-11)17-14(19)10-18-7-2-1-6-13(18)9-16/h3-5,8,13H,1-2,6-7,10H2,(H,17,19). The first-order valence-corrected chi connectivity index (χ1v) is 7.17. The van der Waals surface area contributed by atoms with E-state index in [4.69, 9.17) is 5.26 Å². The van der Waals surface area contributed by atoms with Crippen molar-refractivity contribution >= 4 is 27.5 Å². The number of amides is 1. The second kappa shape index (κ2) is 6.69. The molecule has 0 aromatic heterocycles. The normalized spacial score (nSPS) is 19.7. The molecule has 1 heterocycles. The van der Waals surface area contributed by atoms with E-state index in [1.54, 1.807) is 0 Å². The molecular weight excluding hydrogens is 306 g/mol. The molecule has 1 aliphatic rings. The van der Waals surface area contributed by atoms with Gasteiger partial charge in [0.2, 0.25) is 5.91 Å². The summed E-state index contributed by atoms with van der Waals surface area (Å²) in [5.41, 5.74) is 0.768. The monoisotopic (exact) mass is 321 g/mol. The predicted octanol–water partition coefficient (Wildman–Crippen LogP) is 2.77. The fourth-order valence-electron chi connectivity index (χ4n) is 2.28. The summed E-state index contributed by atoms with van der Waals surface area (Å²) in [4.78, 5) is 13.9. The Labute approximate surface area is 121 Å². The Balaban J connectivity index is 1.92. The third kappa shape index (κ3) is 4.05. The highest BCUT2D eigenvalue weighted by atomic mass is 79.9. The number of anilines is 1. The lowest BCUT2D eigenvalue weighted by Crippen LogP contribution is -2.43. The molecule has 4 nitrogen and oxygen atoms in total. The van der Waals surface area contributed by atoms with Gasteiger partial charge in [-0.1, -0.05) is 22.0 Å². The van der Waals surface area contributed by atoms with Gasteiger partial charge in [-0.15, -0.1) is 0 Å². The summed E-state index contributed by atoms with van der Waals surface area (Å²) in [6, 6.07) is 9.63. The lowest BCUT2D eigenvalue weighted by molar-refractivity contribution is -0.117. The fourth-order valence-corrected chi connectivity index (χ4v) is 2.68. The molecular formula is C14H16BrN3O. The van der Waals surface area contributed by atoms with Gasteiger partial charge in [0, 0.05) is 10.2 Å². The molecule has 0 spiro atoms. The van der Waals surface area contributed by atoms with Crippen molar-refractivity contribution < 1.29 is 4.79 Å². The van der Waals surface area contributed by atoms with Crippen molar-refractivity contribution in [2.45, 2.75) is 25.3 Å². The van der Waals surface area contributed by atoms with Gasteiger partial charge in [-0.3, -0.25) is 9.69 Å². The van der Waals surface area contributed by atoms with E-state index in [1.807, 2.05) is 29.2 Å². The van der Waals surface area contributed by atoms with Gasteiger partial charge in [0.1, 0.15) is 0 Å². The molecule has 0 saturated carbocycles. The lowest BCUT2D eigenvalue weighted by Gasteiger charge is -2.30. The van der Waals surface area contributed by atoms with Crippen LogP contribution in [0.2, 0.25) is 0 Å². The zero-order valence-electron chi connectivity index (χ0n) is 10.6. The number of likely N-dealkylation sites (tertiary alicyclic amines) is 1. The van der Waals surface area contributed by atoms with Crippen LogP contribution in [0.25, 0.3) is 0 Å². The number of carbonyl (C=O) groups excluding carboxylic acids is 1. The number of rotatable bonds is 3. The summed E-state index contributed by atoms with van der Waals surface area (Å²) in [5, 5.41) is 11.9. The van der Waals surface area contributed by atoms with Gasteiger partial charge < -0.3 is 5.32 Å². The SMILES string of the molecule is N#CC1CCCCN1CC(=O)Nc1cccc(Br)c1. The number of benzene rings is 1. The summed E-state index contributed by atoms with van der Waals surface area (Å²) >= 11 is 3.37. The molecule has 0 bridgehead atoms. The maximum absolute atomic E-state index is 12.0. The van der Waals surface area contributed by atoms with E-state index in [2.05, 4.69) is 27.3 Å². The zero-order valence-corrected chi connectivity index (χ0v) is 12.2. The highest BCUT2D eigenvalue weighted by molar-refractivity contribution is 9.10. The van der Waals surface area contributed by atoms with E-state index in [1.165, 1.54) is 0 Å². The predicted molar refractivity (Wildman–Crippen MR) is 77.6 cm³/mol. The maximum atomic E-state index is 12.0. The molecule has 1 amide bonds. The van der Waals surface area contributed by atoms with Gasteiger partial charge in [0.25, 0.3) is 0 Å². The van der Waals surface area contributed by atoms with Crippen LogP contribution in [-0.4, -0.2) is 29.9 Å². The van der Waals surface area contributed by atoms with Gasteiger partial charge in [0.05, 0.1) is 18.7 Å². The fraction of sp³-hybridized carbons (Fsp3) is 0.429. The van der Waals surface area contributed by atoms with Crippen molar-refractivity contribution in [3.8, 4) is 6.07 Å². The number of halogens is 1. The number of hydrogen-bond acceptors (Lipinski definition) is 3. The van der Waals surface area contributed by atoms with E-state index in [-0.39, 0.29) is 18.5 Å². The summed E-state index contributed by atoms with van der Waals surface area (Å²) in [7, 11) is 0. The van der Waals surface area contributed by atoms with Crippen LogP contribution >= 0.6 is 15.9 Å². The average Bonchev–Trinajstić information content (AvgIpc) is 2.39. The van der Waals surface area contributed by atoms with Gasteiger partial charge >= 0.3 is 0 Å². The Morgan fingerprint density at radius 3 is 3.11 bits per heavy atom. The molecule has 1 aliphatic heterocycles. The van der Waals surface area contributed by atoms with Crippen LogP contribution in [0, 0.1) is 11.3 Å². The third-order valence-corrected chi connectivity index (χ3v) is 3.71. The van der Waals surface area contributed by atoms with Crippen LogP contribution in [0.15, 0.2) is 28.7 Å². The molecule has 1 atom stereocenters. The third-order valence-electron chi connectivity index (χ3n) is 3.22. The highest BCUT2D eigenvalue weighted by Gasteiger charge is 2.23. The number of nitrogens with one attached hydrogen (secondary N) is 1. The maximum Gasteiger partial charge on any atom is 0.238 e. The zero-order chi connectivity index (χ0) is 13.7. The molecule has 1 unspecified atom stereocenters. The van der Waals surface area contributed by atoms with E-state index in [9.17, 15) is 4.79 Å². The van der Waals surface area contributed by atoms with Crippen LogP contribution in [0.4, 0.5) is 5.69 Å². The smallest absolute Gasteiger partial charge is 0.238 e. The minimum atomic E-state index is -0.123. The van der Waals surface area contributed by atoms with E-state index < -0.39 is 0 Å². The van der Waals surface area contributed by atoms with Crippen LogP contribution in [0.5, 0.6) is 0 Å². The van der Waals surface area contributed by atoms with Crippen molar-refractivity contribution in [2.24, 2.45) is 0 Å². The Hall–Kier alpha value is -1.38. The van der Waals surface area contributed by atoms with Gasteiger partial charge in [0.15, 0.2) is 0 Å². The van der Waals surface area contributed by atoms with Crippen molar-refractivity contribution in [3.05, 3.63) is 28.7 Å². The van der Waals surface area contributed by atoms with E-state index in [0.717, 1.165) is 36.0 Å². The molecule has 1 saturated heterocycles. The van der Waals surface area contributed by atoms with E-state index >= 15 is 0 Å². The first-order chi connectivity index (χ1) is 9.19. The van der Waals surface area contributed by atoms with Crippen molar-refractivity contribution in [1.29, 1.82) is 5.26 Å². The second-order valence-corrected chi connectivity index (χ2v) is 5.59. The molecule has 1 aromatic rings. The van der Waals surface area contributed by atoms with Crippen LogP contribution < -0.4 is 5.32 Å².